The maximum atomic E-state index is 12.1. The summed E-state index contributed by atoms with van der Waals surface area (Å²) in [5.41, 5.74) is 0. The zero-order chi connectivity index (χ0) is 11.5. The first-order chi connectivity index (χ1) is 6.95. The van der Waals surface area contributed by atoms with Crippen LogP contribution < -0.4 is 0 Å². The molecule has 0 saturated heterocycles. The first-order valence-electron chi connectivity index (χ1n) is 4.70. The second-order valence-corrected chi connectivity index (χ2v) is 3.30. The third-order valence-electron chi connectivity index (χ3n) is 2.02. The minimum absolute atomic E-state index is 0.265. The molecule has 0 amide bonds. The zero-order valence-electron chi connectivity index (χ0n) is 8.33. The summed E-state index contributed by atoms with van der Waals surface area (Å²) in [5, 5.41) is 8.87. The van der Waals surface area contributed by atoms with E-state index in [4.69, 9.17) is 5.11 Å². The molecular formula is C9H13F3N2O. The normalized spacial score (nSPS) is 14.2. The average molecular weight is 222 g/mol. The van der Waals surface area contributed by atoms with Crippen molar-refractivity contribution in [2.45, 2.75) is 38.6 Å². The molecule has 1 rings (SSSR count). The Morgan fingerprint density at radius 3 is 2.73 bits per heavy atom. The van der Waals surface area contributed by atoms with Gasteiger partial charge in [0.1, 0.15) is 5.82 Å². The molecule has 1 aromatic rings. The summed E-state index contributed by atoms with van der Waals surface area (Å²) >= 11 is 0. The third-order valence-corrected chi connectivity index (χ3v) is 2.02. The molecule has 0 radical (unpaired) electrons. The molecule has 0 spiro atoms. The molecule has 0 aliphatic rings. The van der Waals surface area contributed by atoms with E-state index in [1.807, 2.05) is 6.92 Å². The minimum atomic E-state index is -4.58. The lowest BCUT2D eigenvalue weighted by atomic mass is 10.2. The molecule has 1 heterocycles. The number of nitrogens with zero attached hydrogens (tertiary/aromatic N) is 2. The van der Waals surface area contributed by atoms with Gasteiger partial charge in [0.2, 0.25) is 0 Å². The maximum Gasteiger partial charge on any atom is 0.414 e. The van der Waals surface area contributed by atoms with Gasteiger partial charge < -0.3 is 9.67 Å². The molecule has 1 atom stereocenters. The van der Waals surface area contributed by atoms with Gasteiger partial charge in [-0.05, 0) is 6.42 Å². The number of rotatable bonds is 4. The van der Waals surface area contributed by atoms with Crippen LogP contribution in [0.1, 0.15) is 19.2 Å². The van der Waals surface area contributed by atoms with Crippen molar-refractivity contribution >= 4 is 0 Å². The van der Waals surface area contributed by atoms with Crippen molar-refractivity contribution in [3.8, 4) is 0 Å². The molecule has 1 aromatic heterocycles. The van der Waals surface area contributed by atoms with Gasteiger partial charge in [-0.25, -0.2) is 4.98 Å². The Bertz CT molecular complexity index is 309. The summed E-state index contributed by atoms with van der Waals surface area (Å²) in [7, 11) is 0. The molecule has 1 unspecified atom stereocenters. The van der Waals surface area contributed by atoms with Gasteiger partial charge in [-0.3, -0.25) is 0 Å². The second kappa shape index (κ2) is 4.65. The number of aliphatic hydroxyl groups excluding tert-OH is 1. The number of hydrogen-bond donors (Lipinski definition) is 1. The topological polar surface area (TPSA) is 38.0 Å². The zero-order valence-corrected chi connectivity index (χ0v) is 8.33. The molecule has 3 nitrogen and oxygen atoms in total. The summed E-state index contributed by atoms with van der Waals surface area (Å²) in [6, 6.07) is 0. The summed E-state index contributed by atoms with van der Waals surface area (Å²) in [5.74, 6) is 0.265. The van der Waals surface area contributed by atoms with Gasteiger partial charge >= 0.3 is 6.18 Å². The lowest BCUT2D eigenvalue weighted by Gasteiger charge is -2.14. The SMILES string of the molecule is CCCn1ccnc1CC(O)C(F)(F)F. The predicted molar refractivity (Wildman–Crippen MR) is 48.3 cm³/mol. The van der Waals surface area contributed by atoms with Crippen LogP contribution in [0.15, 0.2) is 12.4 Å². The van der Waals surface area contributed by atoms with Gasteiger partial charge in [0.25, 0.3) is 0 Å². The number of aromatic nitrogens is 2. The molecule has 0 aliphatic carbocycles. The van der Waals surface area contributed by atoms with Crippen molar-refractivity contribution in [1.29, 1.82) is 0 Å². The van der Waals surface area contributed by atoms with Gasteiger partial charge in [-0.2, -0.15) is 13.2 Å². The Balaban J connectivity index is 2.68. The number of imidazole rings is 1. The summed E-state index contributed by atoms with van der Waals surface area (Å²) in [4.78, 5) is 3.79. The lowest BCUT2D eigenvalue weighted by Crippen LogP contribution is -2.31. The Morgan fingerprint density at radius 1 is 1.53 bits per heavy atom. The van der Waals surface area contributed by atoms with Crippen LogP contribution in [0.5, 0.6) is 0 Å². The second-order valence-electron chi connectivity index (χ2n) is 3.30. The fourth-order valence-electron chi connectivity index (χ4n) is 1.26. The molecule has 15 heavy (non-hydrogen) atoms. The minimum Gasteiger partial charge on any atom is -0.383 e. The van der Waals surface area contributed by atoms with E-state index in [0.29, 0.717) is 6.54 Å². The average Bonchev–Trinajstić information content (AvgIpc) is 2.52. The van der Waals surface area contributed by atoms with Crippen molar-refractivity contribution in [3.63, 3.8) is 0 Å². The molecule has 0 bridgehead atoms. The van der Waals surface area contributed by atoms with Crippen LogP contribution in [0.2, 0.25) is 0 Å². The fraction of sp³-hybridized carbons (Fsp3) is 0.667. The molecule has 86 valence electrons. The van der Waals surface area contributed by atoms with Crippen LogP contribution in [-0.2, 0) is 13.0 Å². The molecule has 0 aliphatic heterocycles. The van der Waals surface area contributed by atoms with Crippen LogP contribution >= 0.6 is 0 Å². The van der Waals surface area contributed by atoms with Gasteiger partial charge in [0.05, 0.1) is 0 Å². The highest BCUT2D eigenvalue weighted by molar-refractivity contribution is 4.95. The third kappa shape index (κ3) is 3.23. The largest absolute Gasteiger partial charge is 0.414 e. The van der Waals surface area contributed by atoms with E-state index < -0.39 is 18.7 Å². The number of aryl methyl sites for hydroxylation is 1. The van der Waals surface area contributed by atoms with Crippen LogP contribution in [-0.4, -0.2) is 26.9 Å². The van der Waals surface area contributed by atoms with Gasteiger partial charge in [0, 0.05) is 25.4 Å². The van der Waals surface area contributed by atoms with E-state index in [1.165, 1.54) is 6.20 Å². The summed E-state index contributed by atoms with van der Waals surface area (Å²) < 4.78 is 37.8. The Kier molecular flexibility index (Phi) is 3.73. The first kappa shape index (κ1) is 12.0. The van der Waals surface area contributed by atoms with E-state index in [1.54, 1.807) is 10.8 Å². The van der Waals surface area contributed by atoms with Crippen molar-refractivity contribution in [2.75, 3.05) is 0 Å². The molecule has 0 fully saturated rings. The predicted octanol–water partition coefficient (Wildman–Crippen LogP) is 1.76. The van der Waals surface area contributed by atoms with E-state index in [0.717, 1.165) is 6.42 Å². The highest BCUT2D eigenvalue weighted by atomic mass is 19.4. The standard InChI is InChI=1S/C9H13F3N2O/c1-2-4-14-5-3-13-8(14)6-7(15)9(10,11)12/h3,5,7,15H,2,4,6H2,1H3. The van der Waals surface area contributed by atoms with Crippen LogP contribution in [0.25, 0.3) is 0 Å². The van der Waals surface area contributed by atoms with E-state index in [9.17, 15) is 13.2 Å². The highest BCUT2D eigenvalue weighted by Crippen LogP contribution is 2.22. The number of hydrogen-bond acceptors (Lipinski definition) is 2. The van der Waals surface area contributed by atoms with Gasteiger partial charge in [-0.1, -0.05) is 6.92 Å². The monoisotopic (exact) mass is 222 g/mol. The molecule has 0 saturated carbocycles. The Hall–Kier alpha value is -1.04. The highest BCUT2D eigenvalue weighted by Gasteiger charge is 2.38. The fourth-order valence-corrected chi connectivity index (χ4v) is 1.26. The first-order valence-corrected chi connectivity index (χ1v) is 4.70. The van der Waals surface area contributed by atoms with Crippen LogP contribution in [0.3, 0.4) is 0 Å². The number of alkyl halides is 3. The molecular weight excluding hydrogens is 209 g/mol. The smallest absolute Gasteiger partial charge is 0.383 e. The number of halogens is 3. The van der Waals surface area contributed by atoms with Gasteiger partial charge in [0.15, 0.2) is 6.10 Å². The maximum absolute atomic E-state index is 12.1. The summed E-state index contributed by atoms with van der Waals surface area (Å²) in [6.45, 7) is 2.53. The summed E-state index contributed by atoms with van der Waals surface area (Å²) in [6.07, 6.45) is -3.54. The molecule has 6 heteroatoms. The van der Waals surface area contributed by atoms with Crippen molar-refractivity contribution in [1.82, 2.24) is 9.55 Å². The van der Waals surface area contributed by atoms with Crippen molar-refractivity contribution in [3.05, 3.63) is 18.2 Å². The Labute approximate surface area is 85.6 Å². The molecule has 1 N–H and O–H groups in total. The molecule has 0 aromatic carbocycles. The lowest BCUT2D eigenvalue weighted by molar-refractivity contribution is -0.203. The van der Waals surface area contributed by atoms with Crippen LogP contribution in [0, 0.1) is 0 Å². The Morgan fingerprint density at radius 2 is 2.20 bits per heavy atom. The number of aliphatic hydroxyl groups is 1. The van der Waals surface area contributed by atoms with Crippen molar-refractivity contribution in [2.24, 2.45) is 0 Å². The van der Waals surface area contributed by atoms with E-state index in [-0.39, 0.29) is 5.82 Å². The van der Waals surface area contributed by atoms with Gasteiger partial charge in [-0.15, -0.1) is 0 Å². The van der Waals surface area contributed by atoms with E-state index in [2.05, 4.69) is 4.98 Å². The van der Waals surface area contributed by atoms with Crippen molar-refractivity contribution < 1.29 is 18.3 Å². The van der Waals surface area contributed by atoms with E-state index >= 15 is 0 Å². The van der Waals surface area contributed by atoms with Crippen LogP contribution in [0.4, 0.5) is 13.2 Å². The quantitative estimate of drug-likeness (QED) is 0.842.